The standard InChI is InChI=1S/C18H22N4O4/c1-22(10-15-13-4-2-3-5-14(13)20-21-15)18(26)19-16(17(24)25)11-6-8-12(23)9-7-11/h6-9,16,23H,2-5,10H2,1H3,(H,19,26)(H,20,21)(H,24,25)/t16-/m1/s1. The van der Waals surface area contributed by atoms with Gasteiger partial charge >= 0.3 is 12.0 Å². The molecule has 138 valence electrons. The highest BCUT2D eigenvalue weighted by atomic mass is 16.4. The number of amides is 2. The maximum Gasteiger partial charge on any atom is 0.330 e. The van der Waals surface area contributed by atoms with Crippen LogP contribution in [0.4, 0.5) is 4.79 Å². The number of hydrogen-bond donors (Lipinski definition) is 4. The third-order valence-corrected chi connectivity index (χ3v) is 4.62. The van der Waals surface area contributed by atoms with Crippen LogP contribution in [0.3, 0.4) is 0 Å². The van der Waals surface area contributed by atoms with Crippen LogP contribution in [0, 0.1) is 0 Å². The maximum absolute atomic E-state index is 12.5. The molecule has 0 fully saturated rings. The van der Waals surface area contributed by atoms with Crippen molar-refractivity contribution in [1.29, 1.82) is 0 Å². The van der Waals surface area contributed by atoms with Gasteiger partial charge in [0.05, 0.1) is 12.2 Å². The summed E-state index contributed by atoms with van der Waals surface area (Å²) in [6, 6.07) is 4.02. The Morgan fingerprint density at radius 2 is 1.96 bits per heavy atom. The van der Waals surface area contributed by atoms with Crippen molar-refractivity contribution in [1.82, 2.24) is 20.4 Å². The van der Waals surface area contributed by atoms with E-state index in [1.165, 1.54) is 34.7 Å². The van der Waals surface area contributed by atoms with E-state index in [2.05, 4.69) is 15.5 Å². The molecule has 26 heavy (non-hydrogen) atoms. The number of rotatable bonds is 5. The van der Waals surface area contributed by atoms with Gasteiger partial charge in [0.2, 0.25) is 0 Å². The maximum atomic E-state index is 12.5. The first-order valence-electron chi connectivity index (χ1n) is 8.54. The first kappa shape index (κ1) is 17.8. The molecule has 8 heteroatoms. The molecule has 3 rings (SSSR count). The summed E-state index contributed by atoms with van der Waals surface area (Å²) >= 11 is 0. The van der Waals surface area contributed by atoms with Gasteiger partial charge in [0, 0.05) is 12.7 Å². The molecule has 1 heterocycles. The summed E-state index contributed by atoms with van der Waals surface area (Å²) in [5.74, 6) is -1.14. The van der Waals surface area contributed by atoms with E-state index in [1.54, 1.807) is 7.05 Å². The fourth-order valence-corrected chi connectivity index (χ4v) is 3.16. The Hall–Kier alpha value is -3.03. The van der Waals surface area contributed by atoms with E-state index >= 15 is 0 Å². The van der Waals surface area contributed by atoms with Gasteiger partial charge in [-0.05, 0) is 48.9 Å². The van der Waals surface area contributed by atoms with Gasteiger partial charge in [-0.25, -0.2) is 9.59 Å². The van der Waals surface area contributed by atoms with E-state index in [0.717, 1.165) is 37.1 Å². The van der Waals surface area contributed by atoms with Crippen LogP contribution < -0.4 is 5.32 Å². The van der Waals surface area contributed by atoms with Crippen molar-refractivity contribution in [3.8, 4) is 5.75 Å². The average molecular weight is 358 g/mol. The molecule has 0 radical (unpaired) electrons. The quantitative estimate of drug-likeness (QED) is 0.651. The molecule has 0 spiro atoms. The third kappa shape index (κ3) is 3.79. The van der Waals surface area contributed by atoms with E-state index in [9.17, 15) is 19.8 Å². The molecule has 1 aliphatic carbocycles. The lowest BCUT2D eigenvalue weighted by Crippen LogP contribution is -2.41. The first-order chi connectivity index (χ1) is 12.5. The molecule has 4 N–H and O–H groups in total. The molecular weight excluding hydrogens is 336 g/mol. The third-order valence-electron chi connectivity index (χ3n) is 4.62. The lowest BCUT2D eigenvalue weighted by atomic mass is 9.96. The molecule has 0 aliphatic heterocycles. The second-order valence-corrected chi connectivity index (χ2v) is 6.50. The smallest absolute Gasteiger partial charge is 0.330 e. The number of carboxylic acids is 1. The Labute approximate surface area is 150 Å². The molecular formula is C18H22N4O4. The number of phenols is 1. The van der Waals surface area contributed by atoms with Crippen LogP contribution in [0.25, 0.3) is 0 Å². The number of aliphatic carboxylic acids is 1. The zero-order chi connectivity index (χ0) is 18.7. The van der Waals surface area contributed by atoms with E-state index in [0.29, 0.717) is 12.1 Å². The van der Waals surface area contributed by atoms with Gasteiger partial charge in [0.25, 0.3) is 0 Å². The minimum Gasteiger partial charge on any atom is -0.508 e. The Kier molecular flexibility index (Phi) is 5.11. The van der Waals surface area contributed by atoms with Gasteiger partial charge in [0.1, 0.15) is 5.75 Å². The SMILES string of the molecule is CN(Cc1n[nH]c2c1CCCC2)C(=O)N[C@@H](C(=O)O)c1ccc(O)cc1. The summed E-state index contributed by atoms with van der Waals surface area (Å²) in [6.45, 7) is 0.305. The molecule has 0 saturated carbocycles. The molecule has 1 aromatic carbocycles. The predicted octanol–water partition coefficient (Wildman–Crippen LogP) is 1.96. The molecule has 2 amide bonds. The first-order valence-corrected chi connectivity index (χ1v) is 8.54. The lowest BCUT2D eigenvalue weighted by molar-refractivity contribution is -0.139. The van der Waals surface area contributed by atoms with Crippen molar-refractivity contribution >= 4 is 12.0 Å². The topological polar surface area (TPSA) is 119 Å². The van der Waals surface area contributed by atoms with Crippen LogP contribution >= 0.6 is 0 Å². The largest absolute Gasteiger partial charge is 0.508 e. The van der Waals surface area contributed by atoms with Crippen LogP contribution in [0.2, 0.25) is 0 Å². The minimum atomic E-state index is -1.20. The van der Waals surface area contributed by atoms with Gasteiger partial charge in [-0.3, -0.25) is 5.10 Å². The lowest BCUT2D eigenvalue weighted by Gasteiger charge is -2.22. The molecule has 8 nitrogen and oxygen atoms in total. The summed E-state index contributed by atoms with van der Waals surface area (Å²) in [5.41, 5.74) is 3.51. The van der Waals surface area contributed by atoms with Gasteiger partial charge < -0.3 is 20.4 Å². The highest BCUT2D eigenvalue weighted by molar-refractivity contribution is 5.83. The number of carboxylic acid groups (broad SMARTS) is 1. The Balaban J connectivity index is 1.68. The van der Waals surface area contributed by atoms with Crippen LogP contribution in [0.1, 0.15) is 41.4 Å². The zero-order valence-electron chi connectivity index (χ0n) is 14.5. The molecule has 0 unspecified atom stereocenters. The van der Waals surface area contributed by atoms with Gasteiger partial charge in [-0.15, -0.1) is 0 Å². The Morgan fingerprint density at radius 1 is 1.27 bits per heavy atom. The Morgan fingerprint density at radius 3 is 2.65 bits per heavy atom. The summed E-state index contributed by atoms with van der Waals surface area (Å²) in [7, 11) is 1.61. The van der Waals surface area contributed by atoms with Crippen LogP contribution in [0.5, 0.6) is 5.75 Å². The predicted molar refractivity (Wildman–Crippen MR) is 93.7 cm³/mol. The number of urea groups is 1. The van der Waals surface area contributed by atoms with Crippen molar-refractivity contribution in [3.05, 3.63) is 46.8 Å². The van der Waals surface area contributed by atoms with Crippen molar-refractivity contribution in [2.75, 3.05) is 7.05 Å². The van der Waals surface area contributed by atoms with Crippen molar-refractivity contribution in [2.45, 2.75) is 38.3 Å². The normalized spacial score (nSPS) is 14.3. The highest BCUT2D eigenvalue weighted by Gasteiger charge is 2.25. The number of nitrogens with one attached hydrogen (secondary N) is 2. The van der Waals surface area contributed by atoms with Gasteiger partial charge in [-0.1, -0.05) is 12.1 Å². The molecule has 2 aromatic rings. The second kappa shape index (κ2) is 7.47. The number of aryl methyl sites for hydroxylation is 1. The van der Waals surface area contributed by atoms with E-state index in [-0.39, 0.29) is 5.75 Å². The fraction of sp³-hybridized carbons (Fsp3) is 0.389. The van der Waals surface area contributed by atoms with E-state index in [4.69, 9.17) is 0 Å². The number of aromatic hydroxyl groups is 1. The van der Waals surface area contributed by atoms with Crippen molar-refractivity contribution in [3.63, 3.8) is 0 Å². The van der Waals surface area contributed by atoms with Crippen LogP contribution in [0.15, 0.2) is 24.3 Å². The van der Waals surface area contributed by atoms with Crippen LogP contribution in [-0.2, 0) is 24.2 Å². The number of fused-ring (bicyclic) bond motifs is 1. The van der Waals surface area contributed by atoms with Crippen molar-refractivity contribution in [2.24, 2.45) is 0 Å². The summed E-state index contributed by atoms with van der Waals surface area (Å²) < 4.78 is 0. The van der Waals surface area contributed by atoms with Gasteiger partial charge in [-0.2, -0.15) is 5.10 Å². The molecule has 1 aromatic heterocycles. The number of hydrogen-bond acceptors (Lipinski definition) is 4. The average Bonchev–Trinajstić information content (AvgIpc) is 3.03. The van der Waals surface area contributed by atoms with E-state index in [1.807, 2.05) is 0 Å². The number of nitrogens with zero attached hydrogens (tertiary/aromatic N) is 2. The molecule has 0 bridgehead atoms. The number of H-pyrrole nitrogens is 1. The zero-order valence-corrected chi connectivity index (χ0v) is 14.5. The summed E-state index contributed by atoms with van der Waals surface area (Å²) in [5, 5.41) is 28.6. The highest BCUT2D eigenvalue weighted by Crippen LogP contribution is 2.23. The Bertz CT molecular complexity index is 800. The second-order valence-electron chi connectivity index (χ2n) is 6.50. The number of aromatic nitrogens is 2. The van der Waals surface area contributed by atoms with Gasteiger partial charge in [0.15, 0.2) is 6.04 Å². The minimum absolute atomic E-state index is 0.0321. The number of carbonyl (C=O) groups is 2. The molecule has 1 aliphatic rings. The van der Waals surface area contributed by atoms with E-state index < -0.39 is 18.0 Å². The monoisotopic (exact) mass is 358 g/mol. The van der Waals surface area contributed by atoms with Crippen molar-refractivity contribution < 1.29 is 19.8 Å². The van der Waals surface area contributed by atoms with Crippen LogP contribution in [-0.4, -0.2) is 44.4 Å². The molecule has 0 saturated heterocycles. The number of carbonyl (C=O) groups excluding carboxylic acids is 1. The molecule has 1 atom stereocenters. The fourth-order valence-electron chi connectivity index (χ4n) is 3.16. The number of phenolic OH excluding ortho intramolecular Hbond substituents is 1. The summed E-state index contributed by atoms with van der Waals surface area (Å²) in [4.78, 5) is 25.4. The summed E-state index contributed by atoms with van der Waals surface area (Å²) in [6.07, 6.45) is 4.16. The number of aromatic amines is 1. The number of benzene rings is 1.